The number of thiophene rings is 1. The van der Waals surface area contributed by atoms with E-state index < -0.39 is 6.10 Å². The molecule has 1 saturated heterocycles. The lowest BCUT2D eigenvalue weighted by Gasteiger charge is -2.28. The van der Waals surface area contributed by atoms with Crippen LogP contribution in [0.5, 0.6) is 0 Å². The van der Waals surface area contributed by atoms with Gasteiger partial charge in [-0.2, -0.15) is 5.10 Å². The Bertz CT molecular complexity index is 701. The highest BCUT2D eigenvalue weighted by molar-refractivity contribution is 7.10. The number of halogens is 1. The Kier molecular flexibility index (Phi) is 4.52. The standard InChI is InChI=1S/C15H18ClN3O2S/c1-18-15(21)14(16)11(9-17-18)19-6-2-4-10(19)8-12(20)13-5-3-7-22-13/h3,5,7,9-10,12,20H,2,4,6,8H2,1H3/t10-,12+/m1/s1. The molecule has 0 amide bonds. The number of hydrogen-bond acceptors (Lipinski definition) is 5. The fourth-order valence-electron chi connectivity index (χ4n) is 2.95. The van der Waals surface area contributed by atoms with Crippen molar-refractivity contribution in [3.8, 4) is 0 Å². The Morgan fingerprint density at radius 3 is 3.14 bits per heavy atom. The quantitative estimate of drug-likeness (QED) is 0.930. The molecule has 0 saturated carbocycles. The molecule has 118 valence electrons. The maximum absolute atomic E-state index is 12.0. The summed E-state index contributed by atoms with van der Waals surface area (Å²) in [5.74, 6) is 0. The summed E-state index contributed by atoms with van der Waals surface area (Å²) in [4.78, 5) is 15.0. The lowest BCUT2D eigenvalue weighted by atomic mass is 10.1. The number of aryl methyl sites for hydroxylation is 1. The molecule has 2 atom stereocenters. The summed E-state index contributed by atoms with van der Waals surface area (Å²) in [7, 11) is 1.58. The Hall–Kier alpha value is -1.37. The van der Waals surface area contributed by atoms with Crippen molar-refractivity contribution < 1.29 is 5.11 Å². The first-order valence-corrected chi connectivity index (χ1v) is 8.53. The zero-order valence-electron chi connectivity index (χ0n) is 12.3. The van der Waals surface area contributed by atoms with Crippen LogP contribution in [0.4, 0.5) is 5.69 Å². The monoisotopic (exact) mass is 339 g/mol. The molecule has 0 bridgehead atoms. The number of aliphatic hydroxyl groups is 1. The van der Waals surface area contributed by atoms with Crippen molar-refractivity contribution in [2.24, 2.45) is 7.05 Å². The van der Waals surface area contributed by atoms with E-state index in [-0.39, 0.29) is 16.6 Å². The van der Waals surface area contributed by atoms with E-state index >= 15 is 0 Å². The molecule has 0 aliphatic carbocycles. The molecule has 1 fully saturated rings. The summed E-state index contributed by atoms with van der Waals surface area (Å²) in [6.07, 6.45) is 3.79. The molecule has 7 heteroatoms. The van der Waals surface area contributed by atoms with Gasteiger partial charge in [0.2, 0.25) is 0 Å². The second-order valence-electron chi connectivity index (χ2n) is 5.53. The third-order valence-corrected chi connectivity index (χ3v) is 5.44. The second kappa shape index (κ2) is 6.40. The predicted octanol–water partition coefficient (Wildman–Crippen LogP) is 2.59. The van der Waals surface area contributed by atoms with Crippen LogP contribution in [0.15, 0.2) is 28.5 Å². The first-order valence-electron chi connectivity index (χ1n) is 7.28. The Morgan fingerprint density at radius 2 is 2.41 bits per heavy atom. The van der Waals surface area contributed by atoms with E-state index in [4.69, 9.17) is 11.6 Å². The van der Waals surface area contributed by atoms with E-state index in [2.05, 4.69) is 10.00 Å². The minimum Gasteiger partial charge on any atom is -0.387 e. The van der Waals surface area contributed by atoms with Crippen molar-refractivity contribution >= 4 is 28.6 Å². The average Bonchev–Trinajstić information content (AvgIpc) is 3.16. The fraction of sp³-hybridized carbons (Fsp3) is 0.467. The number of nitrogens with zero attached hydrogens (tertiary/aromatic N) is 3. The summed E-state index contributed by atoms with van der Waals surface area (Å²) >= 11 is 7.76. The van der Waals surface area contributed by atoms with E-state index in [1.807, 2.05) is 17.5 Å². The maximum atomic E-state index is 12.0. The number of aliphatic hydroxyl groups excluding tert-OH is 1. The molecule has 1 aliphatic rings. The predicted molar refractivity (Wildman–Crippen MR) is 88.8 cm³/mol. The molecule has 0 spiro atoms. The Morgan fingerprint density at radius 1 is 1.59 bits per heavy atom. The molecule has 22 heavy (non-hydrogen) atoms. The van der Waals surface area contributed by atoms with Crippen LogP contribution in [-0.2, 0) is 7.05 Å². The SMILES string of the molecule is Cn1ncc(N2CCC[C@@H]2C[C@H](O)c2cccs2)c(Cl)c1=O. The van der Waals surface area contributed by atoms with Crippen molar-refractivity contribution in [2.45, 2.75) is 31.4 Å². The van der Waals surface area contributed by atoms with E-state index in [0.717, 1.165) is 24.3 Å². The van der Waals surface area contributed by atoms with Gasteiger partial charge in [-0.1, -0.05) is 17.7 Å². The van der Waals surface area contributed by atoms with Gasteiger partial charge in [0.1, 0.15) is 5.02 Å². The molecule has 5 nitrogen and oxygen atoms in total. The van der Waals surface area contributed by atoms with Crippen molar-refractivity contribution in [1.82, 2.24) is 9.78 Å². The fourth-order valence-corrected chi connectivity index (χ4v) is 3.96. The molecule has 3 rings (SSSR count). The lowest BCUT2D eigenvalue weighted by Crippen LogP contribution is -2.33. The number of anilines is 1. The van der Waals surface area contributed by atoms with Gasteiger partial charge in [-0.05, 0) is 30.7 Å². The minimum absolute atomic E-state index is 0.170. The topological polar surface area (TPSA) is 58.4 Å². The van der Waals surface area contributed by atoms with Gasteiger partial charge in [0.05, 0.1) is 18.0 Å². The van der Waals surface area contributed by atoms with Crippen LogP contribution in [0, 0.1) is 0 Å². The van der Waals surface area contributed by atoms with Crippen LogP contribution >= 0.6 is 22.9 Å². The third kappa shape index (κ3) is 2.91. The van der Waals surface area contributed by atoms with Gasteiger partial charge < -0.3 is 10.0 Å². The van der Waals surface area contributed by atoms with Crippen LogP contribution in [-0.4, -0.2) is 27.5 Å². The molecule has 3 heterocycles. The molecule has 2 aromatic rings. The van der Waals surface area contributed by atoms with Gasteiger partial charge in [0, 0.05) is 24.5 Å². The van der Waals surface area contributed by atoms with Gasteiger partial charge in [-0.15, -0.1) is 11.3 Å². The third-order valence-electron chi connectivity index (χ3n) is 4.11. The molecule has 1 aliphatic heterocycles. The summed E-state index contributed by atoms with van der Waals surface area (Å²) in [5, 5.41) is 16.6. The van der Waals surface area contributed by atoms with E-state index in [1.165, 1.54) is 4.68 Å². The van der Waals surface area contributed by atoms with Crippen molar-refractivity contribution in [2.75, 3.05) is 11.4 Å². The molecular formula is C15H18ClN3O2S. The van der Waals surface area contributed by atoms with Crippen LogP contribution < -0.4 is 10.5 Å². The minimum atomic E-state index is -0.483. The number of rotatable bonds is 4. The van der Waals surface area contributed by atoms with Crippen molar-refractivity contribution in [3.63, 3.8) is 0 Å². The van der Waals surface area contributed by atoms with Crippen molar-refractivity contribution in [3.05, 3.63) is 44.0 Å². The van der Waals surface area contributed by atoms with Crippen LogP contribution in [0.3, 0.4) is 0 Å². The van der Waals surface area contributed by atoms with E-state index in [0.29, 0.717) is 12.1 Å². The molecule has 0 radical (unpaired) electrons. The first kappa shape index (κ1) is 15.5. The number of hydrogen-bond donors (Lipinski definition) is 1. The van der Waals surface area contributed by atoms with E-state index in [9.17, 15) is 9.90 Å². The zero-order valence-corrected chi connectivity index (χ0v) is 13.8. The van der Waals surface area contributed by atoms with Crippen LogP contribution in [0.25, 0.3) is 0 Å². The lowest BCUT2D eigenvalue weighted by molar-refractivity contribution is 0.162. The van der Waals surface area contributed by atoms with Crippen molar-refractivity contribution in [1.29, 1.82) is 0 Å². The Balaban J connectivity index is 1.82. The van der Waals surface area contributed by atoms with Gasteiger partial charge in [-0.3, -0.25) is 4.79 Å². The largest absolute Gasteiger partial charge is 0.387 e. The number of aromatic nitrogens is 2. The van der Waals surface area contributed by atoms with Crippen LogP contribution in [0.1, 0.15) is 30.2 Å². The summed E-state index contributed by atoms with van der Waals surface area (Å²) in [6, 6.07) is 4.06. The zero-order chi connectivity index (χ0) is 15.7. The van der Waals surface area contributed by atoms with Crippen LogP contribution in [0.2, 0.25) is 5.02 Å². The highest BCUT2D eigenvalue weighted by Gasteiger charge is 2.29. The second-order valence-corrected chi connectivity index (χ2v) is 6.89. The molecule has 1 N–H and O–H groups in total. The highest BCUT2D eigenvalue weighted by Crippen LogP contribution is 2.34. The molecule has 2 aromatic heterocycles. The normalized spacial score (nSPS) is 19.6. The molecular weight excluding hydrogens is 322 g/mol. The smallest absolute Gasteiger partial charge is 0.287 e. The van der Waals surface area contributed by atoms with E-state index in [1.54, 1.807) is 24.6 Å². The van der Waals surface area contributed by atoms with Gasteiger partial charge in [0.15, 0.2) is 0 Å². The Labute approximate surface area is 137 Å². The summed E-state index contributed by atoms with van der Waals surface area (Å²) in [5.41, 5.74) is 0.384. The average molecular weight is 340 g/mol. The van der Waals surface area contributed by atoms with Gasteiger partial charge >= 0.3 is 0 Å². The summed E-state index contributed by atoms with van der Waals surface area (Å²) < 4.78 is 1.23. The molecule has 0 unspecified atom stereocenters. The highest BCUT2D eigenvalue weighted by atomic mass is 35.5. The first-order chi connectivity index (χ1) is 10.6. The van der Waals surface area contributed by atoms with Gasteiger partial charge in [-0.25, -0.2) is 4.68 Å². The van der Waals surface area contributed by atoms with Gasteiger partial charge in [0.25, 0.3) is 5.56 Å². The summed E-state index contributed by atoms with van der Waals surface area (Å²) in [6.45, 7) is 0.830. The maximum Gasteiger partial charge on any atom is 0.287 e. The molecule has 0 aromatic carbocycles.